The number of amides is 1. The van der Waals surface area contributed by atoms with Crippen molar-refractivity contribution >= 4 is 28.8 Å². The van der Waals surface area contributed by atoms with E-state index < -0.39 is 0 Å². The maximum atomic E-state index is 12.3. The number of hydrogen-bond acceptors (Lipinski definition) is 9. The Kier molecular flexibility index (Phi) is 7.46. The highest BCUT2D eigenvalue weighted by atomic mass is 16.5. The summed E-state index contributed by atoms with van der Waals surface area (Å²) >= 11 is 0. The van der Waals surface area contributed by atoms with Crippen LogP contribution < -0.4 is 24.8 Å². The molecular formula is C24H26N6O5. The molecule has 2 N–H and O–H groups in total. The molecule has 3 heterocycles. The lowest BCUT2D eigenvalue weighted by atomic mass is 10.1. The van der Waals surface area contributed by atoms with Crippen LogP contribution in [0.2, 0.25) is 0 Å². The molecule has 0 saturated heterocycles. The summed E-state index contributed by atoms with van der Waals surface area (Å²) in [7, 11) is 4.62. The summed E-state index contributed by atoms with van der Waals surface area (Å²) < 4.78 is 23.1. The molecular weight excluding hydrogens is 452 g/mol. The number of fused-ring (bicyclic) bond motifs is 1. The number of carbonyl (C=O) groups is 1. The zero-order valence-corrected chi connectivity index (χ0v) is 19.6. The fourth-order valence-corrected chi connectivity index (χ4v) is 3.49. The lowest BCUT2D eigenvalue weighted by molar-refractivity contribution is -0.116. The molecule has 0 bridgehead atoms. The van der Waals surface area contributed by atoms with Crippen LogP contribution >= 0.6 is 0 Å². The van der Waals surface area contributed by atoms with Crippen molar-refractivity contribution in [2.45, 2.75) is 13.1 Å². The molecule has 0 aliphatic rings. The van der Waals surface area contributed by atoms with Crippen LogP contribution in [0.5, 0.6) is 17.2 Å². The van der Waals surface area contributed by atoms with Gasteiger partial charge in [0.1, 0.15) is 17.9 Å². The minimum atomic E-state index is -0.245. The summed E-state index contributed by atoms with van der Waals surface area (Å²) in [6.45, 7) is 1.31. The summed E-state index contributed by atoms with van der Waals surface area (Å²) in [6, 6.07) is 7.24. The molecule has 4 rings (SSSR count). The van der Waals surface area contributed by atoms with Gasteiger partial charge in [0.2, 0.25) is 11.7 Å². The number of anilines is 1. The largest absolute Gasteiger partial charge is 0.493 e. The van der Waals surface area contributed by atoms with Crippen molar-refractivity contribution in [1.29, 1.82) is 0 Å². The Balaban J connectivity index is 1.35. The van der Waals surface area contributed by atoms with Gasteiger partial charge in [0.25, 0.3) is 0 Å². The highest BCUT2D eigenvalue weighted by molar-refractivity contribution is 5.92. The van der Waals surface area contributed by atoms with Gasteiger partial charge in [0, 0.05) is 12.6 Å². The van der Waals surface area contributed by atoms with E-state index in [1.807, 2.05) is 12.1 Å². The Morgan fingerprint density at radius 2 is 1.94 bits per heavy atom. The van der Waals surface area contributed by atoms with Crippen molar-refractivity contribution in [2.75, 3.05) is 33.2 Å². The van der Waals surface area contributed by atoms with Crippen LogP contribution in [0.25, 0.3) is 17.1 Å². The van der Waals surface area contributed by atoms with Gasteiger partial charge in [-0.2, -0.15) is 5.10 Å². The second-order valence-corrected chi connectivity index (χ2v) is 7.34. The van der Waals surface area contributed by atoms with Crippen LogP contribution in [0, 0.1) is 0 Å². The summed E-state index contributed by atoms with van der Waals surface area (Å²) in [4.78, 5) is 21.0. The first-order chi connectivity index (χ1) is 17.1. The van der Waals surface area contributed by atoms with Gasteiger partial charge < -0.3 is 29.3 Å². The highest BCUT2D eigenvalue weighted by Crippen LogP contribution is 2.38. The standard InChI is InChI=1S/C24H26N6O5/c1-32-19-11-16(12-20(33-2)22(19)34-3)6-7-21(31)25-8-9-30-24-18(14-29-30)23(27-15-28-24)26-13-17-5-4-10-35-17/h4-7,10-12,14-15H,8-9,13H2,1-3H3,(H,25,31)(H,26,27,28)/b7-6+. The first-order valence-electron chi connectivity index (χ1n) is 10.8. The number of nitrogens with one attached hydrogen (secondary N) is 2. The SMILES string of the molecule is COc1cc(/C=C/C(=O)NCCn2ncc3c(NCc4ccco4)ncnc32)cc(OC)c1OC. The first-order valence-corrected chi connectivity index (χ1v) is 10.8. The number of ether oxygens (including phenoxy) is 3. The molecule has 0 aliphatic carbocycles. The van der Waals surface area contributed by atoms with E-state index >= 15 is 0 Å². The summed E-state index contributed by atoms with van der Waals surface area (Å²) in [5.41, 5.74) is 1.41. The average Bonchev–Trinajstić information content (AvgIpc) is 3.56. The lowest BCUT2D eigenvalue weighted by Crippen LogP contribution is -2.25. The van der Waals surface area contributed by atoms with Gasteiger partial charge in [0.15, 0.2) is 17.1 Å². The number of carbonyl (C=O) groups excluding carboxylic acids is 1. The van der Waals surface area contributed by atoms with Gasteiger partial charge in [-0.05, 0) is 35.9 Å². The molecule has 0 radical (unpaired) electrons. The minimum absolute atomic E-state index is 0.245. The molecule has 0 unspecified atom stereocenters. The molecule has 0 fully saturated rings. The second-order valence-electron chi connectivity index (χ2n) is 7.34. The number of methoxy groups -OCH3 is 3. The minimum Gasteiger partial charge on any atom is -0.493 e. The van der Waals surface area contributed by atoms with Crippen LogP contribution in [0.4, 0.5) is 5.82 Å². The number of hydrogen-bond donors (Lipinski definition) is 2. The average molecular weight is 479 g/mol. The van der Waals surface area contributed by atoms with Crippen LogP contribution in [0.15, 0.2) is 53.5 Å². The number of aromatic nitrogens is 4. The Hall–Kier alpha value is -4.54. The number of furan rings is 1. The van der Waals surface area contributed by atoms with E-state index in [0.717, 1.165) is 16.7 Å². The molecule has 3 aromatic heterocycles. The molecule has 1 amide bonds. The van der Waals surface area contributed by atoms with E-state index in [1.165, 1.54) is 19.5 Å². The van der Waals surface area contributed by atoms with E-state index in [4.69, 9.17) is 18.6 Å². The smallest absolute Gasteiger partial charge is 0.244 e. The molecule has 1 aromatic carbocycles. The fraction of sp³-hybridized carbons (Fsp3) is 0.250. The van der Waals surface area contributed by atoms with Gasteiger partial charge in [-0.3, -0.25) is 4.79 Å². The third-order valence-electron chi connectivity index (χ3n) is 5.18. The molecule has 4 aromatic rings. The molecule has 0 aliphatic heterocycles. The van der Waals surface area contributed by atoms with Crippen molar-refractivity contribution in [3.63, 3.8) is 0 Å². The Morgan fingerprint density at radius 3 is 2.63 bits per heavy atom. The number of nitrogens with zero attached hydrogens (tertiary/aromatic N) is 4. The van der Waals surface area contributed by atoms with Crippen molar-refractivity contribution in [2.24, 2.45) is 0 Å². The fourth-order valence-electron chi connectivity index (χ4n) is 3.49. The number of benzene rings is 1. The van der Waals surface area contributed by atoms with Crippen LogP contribution in [0.1, 0.15) is 11.3 Å². The third kappa shape index (κ3) is 5.52. The van der Waals surface area contributed by atoms with Gasteiger partial charge >= 0.3 is 0 Å². The molecule has 11 nitrogen and oxygen atoms in total. The quantitative estimate of drug-likeness (QED) is 0.313. The molecule has 11 heteroatoms. The maximum absolute atomic E-state index is 12.3. The van der Waals surface area contributed by atoms with Crippen molar-refractivity contribution in [3.8, 4) is 17.2 Å². The van der Waals surface area contributed by atoms with Crippen LogP contribution in [-0.2, 0) is 17.9 Å². The van der Waals surface area contributed by atoms with E-state index in [0.29, 0.717) is 48.3 Å². The lowest BCUT2D eigenvalue weighted by Gasteiger charge is -2.12. The van der Waals surface area contributed by atoms with Crippen LogP contribution in [-0.4, -0.2) is 53.5 Å². The van der Waals surface area contributed by atoms with Crippen molar-refractivity contribution in [3.05, 3.63) is 60.5 Å². The summed E-state index contributed by atoms with van der Waals surface area (Å²) in [5, 5.41) is 11.3. The molecule has 0 saturated carbocycles. The first kappa shape index (κ1) is 23.6. The molecule has 0 atom stereocenters. The monoisotopic (exact) mass is 478 g/mol. The van der Waals surface area contributed by atoms with Gasteiger partial charge in [-0.1, -0.05) is 0 Å². The Bertz CT molecular complexity index is 1290. The molecule has 182 valence electrons. The molecule has 0 spiro atoms. The van der Waals surface area contributed by atoms with Gasteiger partial charge in [-0.15, -0.1) is 0 Å². The maximum Gasteiger partial charge on any atom is 0.244 e. The third-order valence-corrected chi connectivity index (χ3v) is 5.18. The zero-order chi connectivity index (χ0) is 24.6. The summed E-state index contributed by atoms with van der Waals surface area (Å²) in [5.74, 6) is 2.73. The topological polar surface area (TPSA) is 126 Å². The Labute approximate surface area is 201 Å². The van der Waals surface area contributed by atoms with Gasteiger partial charge in [0.05, 0.1) is 52.3 Å². The number of rotatable bonds is 11. The molecule has 35 heavy (non-hydrogen) atoms. The predicted octanol–water partition coefficient (Wildman–Crippen LogP) is 2.89. The predicted molar refractivity (Wildman–Crippen MR) is 129 cm³/mol. The van der Waals surface area contributed by atoms with Gasteiger partial charge in [-0.25, -0.2) is 14.6 Å². The van der Waals surface area contributed by atoms with Crippen LogP contribution in [0.3, 0.4) is 0 Å². The zero-order valence-electron chi connectivity index (χ0n) is 19.6. The van der Waals surface area contributed by atoms with E-state index in [1.54, 1.807) is 49.6 Å². The normalized spacial score (nSPS) is 11.1. The van der Waals surface area contributed by atoms with E-state index in [2.05, 4.69) is 25.7 Å². The van der Waals surface area contributed by atoms with E-state index in [-0.39, 0.29) is 5.91 Å². The highest BCUT2D eigenvalue weighted by Gasteiger charge is 2.13. The van der Waals surface area contributed by atoms with E-state index in [9.17, 15) is 4.79 Å². The summed E-state index contributed by atoms with van der Waals surface area (Å²) in [6.07, 6.45) is 7.92. The Morgan fingerprint density at radius 1 is 1.14 bits per heavy atom. The second kappa shape index (κ2) is 11.1. The van der Waals surface area contributed by atoms with Crippen molar-refractivity contribution < 1.29 is 23.4 Å². The van der Waals surface area contributed by atoms with Crippen molar-refractivity contribution in [1.82, 2.24) is 25.1 Å².